The predicted molar refractivity (Wildman–Crippen MR) is 99.3 cm³/mol. The maximum absolute atomic E-state index is 12.2. The van der Waals surface area contributed by atoms with Crippen molar-refractivity contribution in [3.63, 3.8) is 0 Å². The topological polar surface area (TPSA) is 108 Å². The molecule has 8 nitrogen and oxygen atoms in total. The van der Waals surface area contributed by atoms with Gasteiger partial charge in [-0.2, -0.15) is 0 Å². The molecule has 2 aromatic rings. The van der Waals surface area contributed by atoms with E-state index in [2.05, 4.69) is 5.32 Å². The lowest BCUT2D eigenvalue weighted by molar-refractivity contribution is -0.384. The minimum Gasteiger partial charge on any atom is -0.495 e. The number of nitrogens with one attached hydrogen (secondary N) is 1. The van der Waals surface area contributed by atoms with E-state index in [4.69, 9.17) is 9.47 Å². The van der Waals surface area contributed by atoms with Gasteiger partial charge in [0.05, 0.1) is 17.7 Å². The highest BCUT2D eigenvalue weighted by Gasteiger charge is 2.20. The summed E-state index contributed by atoms with van der Waals surface area (Å²) in [5.41, 5.74) is 0.717. The van der Waals surface area contributed by atoms with Crippen molar-refractivity contribution in [2.75, 3.05) is 12.4 Å². The maximum Gasteiger partial charge on any atom is 0.331 e. The molecular formula is C19H18N2O6. The summed E-state index contributed by atoms with van der Waals surface area (Å²) >= 11 is 0. The van der Waals surface area contributed by atoms with Crippen molar-refractivity contribution in [2.45, 2.75) is 13.0 Å². The largest absolute Gasteiger partial charge is 0.495 e. The van der Waals surface area contributed by atoms with E-state index >= 15 is 0 Å². The summed E-state index contributed by atoms with van der Waals surface area (Å²) in [5.74, 6) is -1.08. The van der Waals surface area contributed by atoms with Gasteiger partial charge in [0, 0.05) is 18.2 Å². The van der Waals surface area contributed by atoms with Crippen LogP contribution in [0, 0.1) is 10.1 Å². The predicted octanol–water partition coefficient (Wildman–Crippen LogP) is 3.19. The van der Waals surface area contributed by atoms with E-state index in [1.54, 1.807) is 6.08 Å². The van der Waals surface area contributed by atoms with Gasteiger partial charge < -0.3 is 14.8 Å². The van der Waals surface area contributed by atoms with Crippen LogP contribution < -0.4 is 10.1 Å². The molecule has 0 heterocycles. The first-order chi connectivity index (χ1) is 12.9. The van der Waals surface area contributed by atoms with Crippen LogP contribution >= 0.6 is 0 Å². The molecule has 0 aliphatic rings. The number of ether oxygens (including phenoxy) is 2. The number of nitrogens with zero attached hydrogens (tertiary/aromatic N) is 1. The third-order valence-electron chi connectivity index (χ3n) is 3.53. The Bertz CT molecular complexity index is 864. The van der Waals surface area contributed by atoms with Crippen LogP contribution in [0.25, 0.3) is 6.08 Å². The van der Waals surface area contributed by atoms with Crippen LogP contribution in [0.5, 0.6) is 5.75 Å². The molecule has 0 aliphatic carbocycles. The molecule has 0 bridgehead atoms. The van der Waals surface area contributed by atoms with Crippen LogP contribution in [0.4, 0.5) is 11.4 Å². The number of esters is 1. The average Bonchev–Trinajstić information content (AvgIpc) is 2.67. The number of nitro groups is 1. The minimum atomic E-state index is -1.11. The number of hydrogen-bond donors (Lipinski definition) is 1. The van der Waals surface area contributed by atoms with Gasteiger partial charge in [-0.15, -0.1) is 0 Å². The van der Waals surface area contributed by atoms with Crippen LogP contribution in [0.2, 0.25) is 0 Å². The van der Waals surface area contributed by atoms with Crippen molar-refractivity contribution < 1.29 is 24.0 Å². The molecule has 1 unspecified atom stereocenters. The normalized spacial score (nSPS) is 11.6. The fourth-order valence-electron chi connectivity index (χ4n) is 2.14. The second-order valence-corrected chi connectivity index (χ2v) is 5.45. The van der Waals surface area contributed by atoms with Gasteiger partial charge in [0.15, 0.2) is 6.10 Å². The molecule has 1 amide bonds. The Morgan fingerprint density at radius 1 is 1.19 bits per heavy atom. The Morgan fingerprint density at radius 2 is 1.89 bits per heavy atom. The molecule has 1 atom stereocenters. The van der Waals surface area contributed by atoms with Gasteiger partial charge in [-0.1, -0.05) is 30.3 Å². The number of carbonyl (C=O) groups excluding carboxylic acids is 2. The maximum atomic E-state index is 12.2. The number of amides is 1. The van der Waals surface area contributed by atoms with Crippen LogP contribution in [-0.4, -0.2) is 30.0 Å². The Hall–Kier alpha value is -3.68. The first-order valence-electron chi connectivity index (χ1n) is 7.97. The summed E-state index contributed by atoms with van der Waals surface area (Å²) in [6, 6.07) is 12.9. The third kappa shape index (κ3) is 5.67. The minimum absolute atomic E-state index is 0.111. The highest BCUT2D eigenvalue weighted by Crippen LogP contribution is 2.29. The van der Waals surface area contributed by atoms with E-state index < -0.39 is 22.9 Å². The van der Waals surface area contributed by atoms with Crippen LogP contribution in [-0.2, 0) is 14.3 Å². The summed E-state index contributed by atoms with van der Waals surface area (Å²) in [4.78, 5) is 34.4. The lowest BCUT2D eigenvalue weighted by atomic mass is 10.2. The molecule has 0 radical (unpaired) electrons. The Kier molecular flexibility index (Phi) is 6.65. The highest BCUT2D eigenvalue weighted by atomic mass is 16.6. The summed E-state index contributed by atoms with van der Waals surface area (Å²) in [5, 5.41) is 13.3. The van der Waals surface area contributed by atoms with Crippen molar-refractivity contribution >= 4 is 29.3 Å². The molecule has 27 heavy (non-hydrogen) atoms. The highest BCUT2D eigenvalue weighted by molar-refractivity contribution is 5.97. The average molecular weight is 370 g/mol. The SMILES string of the molecule is COc1ccc([N+](=O)[O-])cc1NC(=O)C(C)OC(=O)/C=C/c1ccccc1. The van der Waals surface area contributed by atoms with E-state index in [9.17, 15) is 19.7 Å². The zero-order valence-corrected chi connectivity index (χ0v) is 14.7. The number of hydrogen-bond acceptors (Lipinski definition) is 6. The number of methoxy groups -OCH3 is 1. The smallest absolute Gasteiger partial charge is 0.331 e. The molecule has 0 aromatic heterocycles. The van der Waals surface area contributed by atoms with Crippen molar-refractivity contribution in [1.82, 2.24) is 0 Å². The summed E-state index contributed by atoms with van der Waals surface area (Å²) in [6.45, 7) is 1.40. The van der Waals surface area contributed by atoms with Gasteiger partial charge in [-0.3, -0.25) is 14.9 Å². The second-order valence-electron chi connectivity index (χ2n) is 5.45. The molecule has 1 N–H and O–H groups in total. The molecule has 0 spiro atoms. The van der Waals surface area contributed by atoms with Crippen molar-refractivity contribution in [2.24, 2.45) is 0 Å². The number of rotatable bonds is 7. The first kappa shape index (κ1) is 19.6. The number of non-ortho nitro benzene ring substituents is 1. The lowest BCUT2D eigenvalue weighted by Gasteiger charge is -2.14. The molecule has 0 saturated carbocycles. The van der Waals surface area contributed by atoms with Crippen molar-refractivity contribution in [3.8, 4) is 5.75 Å². The molecule has 2 rings (SSSR count). The Morgan fingerprint density at radius 3 is 2.52 bits per heavy atom. The Labute approximate surface area is 155 Å². The van der Waals surface area contributed by atoms with Crippen LogP contribution in [0.15, 0.2) is 54.6 Å². The van der Waals surface area contributed by atoms with Crippen LogP contribution in [0.1, 0.15) is 12.5 Å². The van der Waals surface area contributed by atoms with Gasteiger partial charge in [0.25, 0.3) is 11.6 Å². The van der Waals surface area contributed by atoms with Crippen LogP contribution in [0.3, 0.4) is 0 Å². The van der Waals surface area contributed by atoms with E-state index in [0.29, 0.717) is 0 Å². The van der Waals surface area contributed by atoms with Gasteiger partial charge >= 0.3 is 5.97 Å². The van der Waals surface area contributed by atoms with Gasteiger partial charge in [-0.25, -0.2) is 4.79 Å². The zero-order valence-electron chi connectivity index (χ0n) is 14.7. The van der Waals surface area contributed by atoms with Gasteiger partial charge in [0.2, 0.25) is 0 Å². The van der Waals surface area contributed by atoms with Gasteiger partial charge in [0.1, 0.15) is 5.75 Å². The monoisotopic (exact) mass is 370 g/mol. The quantitative estimate of drug-likeness (QED) is 0.347. The molecule has 140 valence electrons. The van der Waals surface area contributed by atoms with Gasteiger partial charge in [-0.05, 0) is 24.6 Å². The third-order valence-corrected chi connectivity index (χ3v) is 3.53. The van der Waals surface area contributed by atoms with E-state index in [1.165, 1.54) is 38.3 Å². The number of nitro benzene ring substituents is 1. The molecule has 8 heteroatoms. The zero-order chi connectivity index (χ0) is 19.8. The van der Waals surface area contributed by atoms with Crippen molar-refractivity contribution in [3.05, 3.63) is 70.3 Å². The number of carbonyl (C=O) groups is 2. The molecular weight excluding hydrogens is 352 g/mol. The molecule has 0 fully saturated rings. The van der Waals surface area contributed by atoms with E-state index in [1.807, 2.05) is 30.3 Å². The van der Waals surface area contributed by atoms with E-state index in [-0.39, 0.29) is 17.1 Å². The lowest BCUT2D eigenvalue weighted by Crippen LogP contribution is -2.29. The molecule has 0 aliphatic heterocycles. The molecule has 2 aromatic carbocycles. The summed E-state index contributed by atoms with van der Waals surface area (Å²) < 4.78 is 10.1. The van der Waals surface area contributed by atoms with Crippen molar-refractivity contribution in [1.29, 1.82) is 0 Å². The van der Waals surface area contributed by atoms with E-state index in [0.717, 1.165) is 5.56 Å². The number of anilines is 1. The summed E-state index contributed by atoms with van der Waals surface area (Å²) in [6.07, 6.45) is 1.67. The first-order valence-corrected chi connectivity index (χ1v) is 7.97. The molecule has 0 saturated heterocycles. The fraction of sp³-hybridized carbons (Fsp3) is 0.158. The summed E-state index contributed by atoms with van der Waals surface area (Å²) in [7, 11) is 1.37. The fourth-order valence-corrected chi connectivity index (χ4v) is 2.14. The standard InChI is InChI=1S/C19H18N2O6/c1-13(27-18(22)11-8-14-6-4-3-5-7-14)19(23)20-16-12-15(21(24)25)9-10-17(16)26-2/h3-13H,1-2H3,(H,20,23)/b11-8+. The second kappa shape index (κ2) is 9.14. The Balaban J connectivity index is 2.01. The number of benzene rings is 2.